The van der Waals surface area contributed by atoms with Gasteiger partial charge in [-0.05, 0) is 80.7 Å². The first-order valence-corrected chi connectivity index (χ1v) is 14.5. The van der Waals surface area contributed by atoms with Crippen LogP contribution in [-0.2, 0) is 4.74 Å². The van der Waals surface area contributed by atoms with Crippen LogP contribution in [0.25, 0.3) is 0 Å². The van der Waals surface area contributed by atoms with Gasteiger partial charge >= 0.3 is 0 Å². The lowest BCUT2D eigenvalue weighted by molar-refractivity contribution is 0.0503. The molecule has 6 nitrogen and oxygen atoms in total. The largest absolute Gasteiger partial charge is 0.379 e. The van der Waals surface area contributed by atoms with Gasteiger partial charge in [-0.1, -0.05) is 55.4 Å². The fraction of sp³-hybridized carbons (Fsp3) is 1.00. The fourth-order valence-electron chi connectivity index (χ4n) is 2.91. The molecule has 212 valence electrons. The lowest BCUT2D eigenvalue weighted by Crippen LogP contribution is -2.42. The Labute approximate surface area is 218 Å². The van der Waals surface area contributed by atoms with Crippen LogP contribution in [0.5, 0.6) is 0 Å². The number of rotatable bonds is 0. The van der Waals surface area contributed by atoms with Crippen LogP contribution < -0.4 is 0 Å². The molecule has 4 heterocycles. The second kappa shape index (κ2) is 34.9. The van der Waals surface area contributed by atoms with Crippen molar-refractivity contribution in [2.75, 3.05) is 114 Å². The number of piperazine rings is 1. The van der Waals surface area contributed by atoms with E-state index in [1.807, 2.05) is 55.4 Å². The molecule has 4 fully saturated rings. The zero-order valence-electron chi connectivity index (χ0n) is 26.3. The maximum atomic E-state index is 5.10. The molecular weight excluding hydrogens is 422 g/mol. The van der Waals surface area contributed by atoms with Crippen molar-refractivity contribution in [3.8, 4) is 0 Å². The highest BCUT2D eigenvalue weighted by molar-refractivity contribution is 4.64. The summed E-state index contributed by atoms with van der Waals surface area (Å²) in [7, 11) is 10.8. The van der Waals surface area contributed by atoms with Crippen LogP contribution in [0.2, 0.25) is 0 Å². The van der Waals surface area contributed by atoms with Crippen LogP contribution >= 0.6 is 0 Å². The quantitative estimate of drug-likeness (QED) is 0.475. The normalized spacial score (nSPS) is 20.4. The van der Waals surface area contributed by atoms with Crippen molar-refractivity contribution < 1.29 is 4.74 Å². The van der Waals surface area contributed by atoms with E-state index in [0.29, 0.717) is 0 Å². The van der Waals surface area contributed by atoms with Gasteiger partial charge < -0.3 is 29.2 Å². The summed E-state index contributed by atoms with van der Waals surface area (Å²) in [5.41, 5.74) is 0. The molecule has 0 amide bonds. The van der Waals surface area contributed by atoms with E-state index in [1.165, 1.54) is 71.6 Å². The van der Waals surface area contributed by atoms with Crippen LogP contribution in [0.4, 0.5) is 0 Å². The van der Waals surface area contributed by atoms with Crippen molar-refractivity contribution in [1.29, 1.82) is 0 Å². The van der Waals surface area contributed by atoms with Gasteiger partial charge in [0.05, 0.1) is 13.2 Å². The third kappa shape index (κ3) is 31.8. The first kappa shape index (κ1) is 40.9. The highest BCUT2D eigenvalue weighted by Gasteiger charge is 2.08. The number of ether oxygens (including phenoxy) is 1. The van der Waals surface area contributed by atoms with Crippen molar-refractivity contribution in [1.82, 2.24) is 24.5 Å². The van der Waals surface area contributed by atoms with E-state index in [9.17, 15) is 0 Å². The lowest BCUT2D eigenvalue weighted by atomic mass is 10.3. The minimum atomic E-state index is 0.913. The zero-order chi connectivity index (χ0) is 27.2. The Morgan fingerprint density at radius 1 is 0.324 bits per heavy atom. The summed E-state index contributed by atoms with van der Waals surface area (Å²) < 4.78 is 5.10. The highest BCUT2D eigenvalue weighted by atomic mass is 16.5. The summed E-state index contributed by atoms with van der Waals surface area (Å²) in [4.78, 5) is 11.7. The monoisotopic (exact) mass is 492 g/mol. The molecule has 0 aromatic carbocycles. The Morgan fingerprint density at radius 3 is 0.706 bits per heavy atom. The van der Waals surface area contributed by atoms with Gasteiger partial charge in [0.15, 0.2) is 0 Å². The van der Waals surface area contributed by atoms with E-state index < -0.39 is 0 Å². The second-order valence-corrected chi connectivity index (χ2v) is 8.19. The van der Waals surface area contributed by atoms with Gasteiger partial charge in [0.2, 0.25) is 0 Å². The van der Waals surface area contributed by atoms with Gasteiger partial charge in [-0.15, -0.1) is 0 Å². The fourth-order valence-corrected chi connectivity index (χ4v) is 2.91. The van der Waals surface area contributed by atoms with Crippen LogP contribution in [0.3, 0.4) is 0 Å². The van der Waals surface area contributed by atoms with E-state index in [0.717, 1.165) is 26.3 Å². The molecule has 0 aliphatic carbocycles. The summed E-state index contributed by atoms with van der Waals surface area (Å²) in [6.07, 6.45) is 4.24. The molecule has 4 rings (SSSR count). The number of morpholine rings is 1. The van der Waals surface area contributed by atoms with Crippen molar-refractivity contribution in [3.05, 3.63) is 0 Å². The van der Waals surface area contributed by atoms with E-state index in [4.69, 9.17) is 4.74 Å². The van der Waals surface area contributed by atoms with Crippen molar-refractivity contribution >= 4 is 0 Å². The number of likely N-dealkylation sites (tertiary alicyclic amines) is 2. The minimum absolute atomic E-state index is 0.913. The zero-order valence-corrected chi connectivity index (χ0v) is 26.3. The first-order valence-electron chi connectivity index (χ1n) is 14.5. The molecule has 0 saturated carbocycles. The molecule has 0 radical (unpaired) electrons. The number of hydrogen-bond donors (Lipinski definition) is 0. The molecule has 4 saturated heterocycles. The number of hydrogen-bond acceptors (Lipinski definition) is 6. The molecule has 34 heavy (non-hydrogen) atoms. The molecular formula is C28H69N5O. The third-order valence-electron chi connectivity index (χ3n) is 5.37. The van der Waals surface area contributed by atoms with Gasteiger partial charge in [0, 0.05) is 39.3 Å². The average Bonchev–Trinajstić information content (AvgIpc) is 3.37. The van der Waals surface area contributed by atoms with Crippen LogP contribution in [0.1, 0.15) is 74.7 Å². The van der Waals surface area contributed by atoms with Crippen molar-refractivity contribution in [2.45, 2.75) is 74.7 Å². The summed E-state index contributed by atoms with van der Waals surface area (Å²) >= 11 is 0. The third-order valence-corrected chi connectivity index (χ3v) is 5.37. The summed E-state index contributed by atoms with van der Waals surface area (Å²) in [5.74, 6) is 0. The predicted molar refractivity (Wildman–Crippen MR) is 158 cm³/mol. The molecule has 0 aromatic heterocycles. The number of likely N-dealkylation sites (N-methyl/N-ethyl adjacent to an activating group) is 3. The predicted octanol–water partition coefficient (Wildman–Crippen LogP) is 4.95. The Kier molecular flexibility index (Phi) is 42.0. The van der Waals surface area contributed by atoms with E-state index in [1.54, 1.807) is 0 Å². The Hall–Kier alpha value is -0.240. The van der Waals surface area contributed by atoms with Crippen LogP contribution in [0, 0.1) is 0 Å². The highest BCUT2D eigenvalue weighted by Crippen LogP contribution is 2.02. The Balaban J connectivity index is -0.000000162. The second-order valence-electron chi connectivity index (χ2n) is 8.19. The molecule has 0 spiro atoms. The first-order chi connectivity index (χ1) is 16.5. The Morgan fingerprint density at radius 2 is 0.559 bits per heavy atom. The molecule has 0 aromatic rings. The van der Waals surface area contributed by atoms with Crippen LogP contribution in [0.15, 0.2) is 0 Å². The van der Waals surface area contributed by atoms with Crippen LogP contribution in [-0.4, -0.2) is 138 Å². The molecule has 6 heteroatoms. The average molecular weight is 492 g/mol. The standard InChI is InChI=1S/C6H14N2.C5H11NO.C5H11N.C4H9N.4C2H6/c1-7-3-5-8(2)6-4-7;1-6-2-4-7-5-3-6;1-6-4-2-3-5-6;1-5-3-2-4-5;4*1-2/h3-6H2,1-2H3;2-5H2,1H3;2-5H2,1H3;2-4H2,1H3;4*1-2H3. The summed E-state index contributed by atoms with van der Waals surface area (Å²) in [6, 6.07) is 0. The molecule has 0 atom stereocenters. The maximum Gasteiger partial charge on any atom is 0.0594 e. The molecule has 0 unspecified atom stereocenters. The van der Waals surface area contributed by atoms with E-state index in [2.05, 4.69) is 59.7 Å². The van der Waals surface area contributed by atoms with Crippen molar-refractivity contribution in [2.24, 2.45) is 0 Å². The lowest BCUT2D eigenvalue weighted by Gasteiger charge is -2.28. The SMILES string of the molecule is CC.CC.CC.CC.CN1CCC1.CN1CCCC1.CN1CCN(C)CC1.CN1CCOCC1. The topological polar surface area (TPSA) is 25.4 Å². The number of nitrogens with zero attached hydrogens (tertiary/aromatic N) is 5. The van der Waals surface area contributed by atoms with E-state index >= 15 is 0 Å². The molecule has 4 aliphatic heterocycles. The molecule has 0 N–H and O–H groups in total. The van der Waals surface area contributed by atoms with Gasteiger partial charge in [-0.25, -0.2) is 0 Å². The summed E-state index contributed by atoms with van der Waals surface area (Å²) in [5, 5.41) is 0. The van der Waals surface area contributed by atoms with Gasteiger partial charge in [-0.2, -0.15) is 0 Å². The van der Waals surface area contributed by atoms with Gasteiger partial charge in [-0.3, -0.25) is 0 Å². The van der Waals surface area contributed by atoms with Crippen molar-refractivity contribution in [3.63, 3.8) is 0 Å². The minimum Gasteiger partial charge on any atom is -0.379 e. The van der Waals surface area contributed by atoms with Gasteiger partial charge in [0.1, 0.15) is 0 Å². The smallest absolute Gasteiger partial charge is 0.0594 e. The van der Waals surface area contributed by atoms with Gasteiger partial charge in [0.25, 0.3) is 0 Å². The Bertz CT molecular complexity index is 300. The molecule has 4 aliphatic rings. The molecule has 0 bridgehead atoms. The summed E-state index contributed by atoms with van der Waals surface area (Å²) in [6.45, 7) is 30.2. The maximum absolute atomic E-state index is 5.10. The van der Waals surface area contributed by atoms with E-state index in [-0.39, 0.29) is 0 Å².